The molecule has 0 spiro atoms. The van der Waals surface area contributed by atoms with Crippen molar-refractivity contribution in [3.05, 3.63) is 64.8 Å². The number of halogens is 1. The normalized spacial score (nSPS) is 12.0. The maximum Gasteiger partial charge on any atom is 0.237 e. The molecule has 0 aliphatic heterocycles. The molecule has 3 aromatic rings. The number of carbonyl (C=O) groups excluding carboxylic acids is 1. The SMILES string of the molecule is Cc1ccccc1NC(=O)[C@@H](C)Sc1ncc(-c2ccc(Br)cc2)[nH]1. The van der Waals surface area contributed by atoms with Gasteiger partial charge < -0.3 is 10.3 Å². The van der Waals surface area contributed by atoms with Gasteiger partial charge in [0.2, 0.25) is 5.91 Å². The van der Waals surface area contributed by atoms with Crippen molar-refractivity contribution in [2.24, 2.45) is 0 Å². The molecule has 0 aliphatic carbocycles. The van der Waals surface area contributed by atoms with Crippen LogP contribution >= 0.6 is 27.7 Å². The summed E-state index contributed by atoms with van der Waals surface area (Å²) in [5.74, 6) is -0.0408. The van der Waals surface area contributed by atoms with E-state index in [4.69, 9.17) is 0 Å². The van der Waals surface area contributed by atoms with Crippen molar-refractivity contribution in [3.63, 3.8) is 0 Å². The van der Waals surface area contributed by atoms with Gasteiger partial charge in [-0.3, -0.25) is 4.79 Å². The van der Waals surface area contributed by atoms with Gasteiger partial charge >= 0.3 is 0 Å². The lowest BCUT2D eigenvalue weighted by Gasteiger charge is -2.12. The average molecular weight is 416 g/mol. The zero-order valence-corrected chi connectivity index (χ0v) is 16.3. The van der Waals surface area contributed by atoms with E-state index in [-0.39, 0.29) is 11.2 Å². The molecule has 1 heterocycles. The number of hydrogen-bond acceptors (Lipinski definition) is 3. The number of hydrogen-bond donors (Lipinski definition) is 2. The number of aryl methyl sites for hydroxylation is 1. The molecule has 1 amide bonds. The summed E-state index contributed by atoms with van der Waals surface area (Å²) in [6, 6.07) is 15.8. The van der Waals surface area contributed by atoms with Gasteiger partial charge in [0.15, 0.2) is 5.16 Å². The summed E-state index contributed by atoms with van der Waals surface area (Å²) in [5.41, 5.74) is 3.87. The Morgan fingerprint density at radius 1 is 1.20 bits per heavy atom. The molecule has 1 atom stereocenters. The lowest BCUT2D eigenvalue weighted by Crippen LogP contribution is -2.22. The topological polar surface area (TPSA) is 57.8 Å². The molecule has 0 radical (unpaired) electrons. The number of H-pyrrole nitrogens is 1. The van der Waals surface area contributed by atoms with E-state index in [1.165, 1.54) is 11.8 Å². The molecule has 0 aliphatic rings. The molecular formula is C19H18BrN3OS. The molecule has 4 nitrogen and oxygen atoms in total. The number of amides is 1. The maximum absolute atomic E-state index is 12.4. The standard InChI is InChI=1S/C19H18BrN3OS/c1-12-5-3-4-6-16(12)22-18(24)13(2)25-19-21-11-17(23-19)14-7-9-15(20)10-8-14/h3-11,13H,1-2H3,(H,21,23)(H,22,24)/t13-/m1/s1. The van der Waals surface area contributed by atoms with Gasteiger partial charge in [-0.15, -0.1) is 0 Å². The third-order valence-electron chi connectivity index (χ3n) is 3.77. The minimum atomic E-state index is -0.261. The highest BCUT2D eigenvalue weighted by Gasteiger charge is 2.17. The van der Waals surface area contributed by atoms with E-state index in [0.717, 1.165) is 32.1 Å². The molecule has 128 valence electrons. The number of rotatable bonds is 5. The first kappa shape index (κ1) is 17.8. The van der Waals surface area contributed by atoms with Crippen LogP contribution in [0, 0.1) is 6.92 Å². The summed E-state index contributed by atoms with van der Waals surface area (Å²) >= 11 is 4.84. The van der Waals surface area contributed by atoms with E-state index in [9.17, 15) is 4.79 Å². The van der Waals surface area contributed by atoms with Gasteiger partial charge in [0.1, 0.15) is 0 Å². The number of aromatic amines is 1. The number of benzene rings is 2. The lowest BCUT2D eigenvalue weighted by molar-refractivity contribution is -0.115. The third kappa shape index (κ3) is 4.52. The van der Waals surface area contributed by atoms with Crippen molar-refractivity contribution in [3.8, 4) is 11.3 Å². The largest absolute Gasteiger partial charge is 0.333 e. The summed E-state index contributed by atoms with van der Waals surface area (Å²) in [6.07, 6.45) is 1.79. The van der Waals surface area contributed by atoms with Crippen LogP contribution in [0.2, 0.25) is 0 Å². The summed E-state index contributed by atoms with van der Waals surface area (Å²) in [6.45, 7) is 3.85. The Labute approximate surface area is 159 Å². The van der Waals surface area contributed by atoms with E-state index in [1.807, 2.05) is 62.4 Å². The Bertz CT molecular complexity index is 876. The monoisotopic (exact) mass is 415 g/mol. The summed E-state index contributed by atoms with van der Waals surface area (Å²) in [5, 5.41) is 3.43. The molecule has 25 heavy (non-hydrogen) atoms. The lowest BCUT2D eigenvalue weighted by atomic mass is 10.2. The predicted molar refractivity (Wildman–Crippen MR) is 107 cm³/mol. The fourth-order valence-corrected chi connectivity index (χ4v) is 3.36. The second-order valence-electron chi connectivity index (χ2n) is 5.67. The quantitative estimate of drug-likeness (QED) is 0.558. The second kappa shape index (κ2) is 7.89. The van der Waals surface area contributed by atoms with Gasteiger partial charge in [0, 0.05) is 10.2 Å². The van der Waals surface area contributed by atoms with Crippen LogP contribution < -0.4 is 5.32 Å². The highest BCUT2D eigenvalue weighted by Crippen LogP contribution is 2.26. The van der Waals surface area contributed by atoms with Crippen LogP contribution in [0.5, 0.6) is 0 Å². The predicted octanol–water partition coefficient (Wildman–Crippen LogP) is 5.27. The van der Waals surface area contributed by atoms with E-state index in [2.05, 4.69) is 31.2 Å². The average Bonchev–Trinajstić information content (AvgIpc) is 3.06. The number of aromatic nitrogens is 2. The molecule has 2 aromatic carbocycles. The molecule has 0 unspecified atom stereocenters. The third-order valence-corrected chi connectivity index (χ3v) is 5.30. The van der Waals surface area contributed by atoms with Crippen molar-refractivity contribution in [2.45, 2.75) is 24.3 Å². The van der Waals surface area contributed by atoms with E-state index < -0.39 is 0 Å². The minimum Gasteiger partial charge on any atom is -0.333 e. The van der Waals surface area contributed by atoms with Crippen LogP contribution in [0.4, 0.5) is 5.69 Å². The molecule has 0 bridgehead atoms. The van der Waals surface area contributed by atoms with Crippen molar-refractivity contribution in [2.75, 3.05) is 5.32 Å². The van der Waals surface area contributed by atoms with E-state index in [1.54, 1.807) is 6.20 Å². The molecule has 6 heteroatoms. The molecule has 3 rings (SSSR count). The molecule has 0 saturated carbocycles. The van der Waals surface area contributed by atoms with E-state index >= 15 is 0 Å². The van der Waals surface area contributed by atoms with Crippen LogP contribution in [-0.4, -0.2) is 21.1 Å². The number of thioether (sulfide) groups is 1. The number of carbonyl (C=O) groups is 1. The van der Waals surface area contributed by atoms with Crippen LogP contribution in [0.3, 0.4) is 0 Å². The molecule has 0 saturated heterocycles. The van der Waals surface area contributed by atoms with Gasteiger partial charge in [-0.2, -0.15) is 0 Å². The van der Waals surface area contributed by atoms with Gasteiger partial charge in [-0.05, 0) is 43.2 Å². The molecule has 0 fully saturated rings. The highest BCUT2D eigenvalue weighted by molar-refractivity contribution is 9.10. The zero-order valence-electron chi connectivity index (χ0n) is 13.9. The Morgan fingerprint density at radius 3 is 2.64 bits per heavy atom. The van der Waals surface area contributed by atoms with Gasteiger partial charge in [-0.25, -0.2) is 4.98 Å². The Morgan fingerprint density at radius 2 is 1.92 bits per heavy atom. The first-order chi connectivity index (χ1) is 12.0. The van der Waals surface area contributed by atoms with Crippen LogP contribution in [0.1, 0.15) is 12.5 Å². The Hall–Kier alpha value is -2.05. The summed E-state index contributed by atoms with van der Waals surface area (Å²) < 4.78 is 1.03. The molecule has 2 N–H and O–H groups in total. The number of imidazole rings is 1. The van der Waals surface area contributed by atoms with E-state index in [0.29, 0.717) is 0 Å². The Balaban J connectivity index is 1.65. The zero-order chi connectivity index (χ0) is 17.8. The molecular weight excluding hydrogens is 398 g/mol. The van der Waals surface area contributed by atoms with Crippen LogP contribution in [0.25, 0.3) is 11.3 Å². The first-order valence-electron chi connectivity index (χ1n) is 7.87. The highest BCUT2D eigenvalue weighted by atomic mass is 79.9. The number of nitrogens with one attached hydrogen (secondary N) is 2. The first-order valence-corrected chi connectivity index (χ1v) is 9.54. The second-order valence-corrected chi connectivity index (χ2v) is 7.92. The van der Waals surface area contributed by atoms with Gasteiger partial charge in [0.05, 0.1) is 17.1 Å². The van der Waals surface area contributed by atoms with Crippen molar-refractivity contribution in [1.82, 2.24) is 9.97 Å². The maximum atomic E-state index is 12.4. The van der Waals surface area contributed by atoms with Crippen LogP contribution in [0.15, 0.2) is 64.4 Å². The number of nitrogens with zero attached hydrogens (tertiary/aromatic N) is 1. The molecule has 1 aromatic heterocycles. The van der Waals surface area contributed by atoms with Crippen molar-refractivity contribution >= 4 is 39.3 Å². The number of para-hydroxylation sites is 1. The Kier molecular flexibility index (Phi) is 5.60. The van der Waals surface area contributed by atoms with Crippen molar-refractivity contribution in [1.29, 1.82) is 0 Å². The minimum absolute atomic E-state index is 0.0408. The van der Waals surface area contributed by atoms with Gasteiger partial charge in [0.25, 0.3) is 0 Å². The smallest absolute Gasteiger partial charge is 0.237 e. The fourth-order valence-electron chi connectivity index (χ4n) is 2.31. The van der Waals surface area contributed by atoms with Crippen molar-refractivity contribution < 1.29 is 4.79 Å². The van der Waals surface area contributed by atoms with Gasteiger partial charge in [-0.1, -0.05) is 58.0 Å². The number of anilines is 1. The van der Waals surface area contributed by atoms with Crippen LogP contribution in [-0.2, 0) is 4.79 Å². The summed E-state index contributed by atoms with van der Waals surface area (Å²) in [7, 11) is 0. The summed E-state index contributed by atoms with van der Waals surface area (Å²) in [4.78, 5) is 20.0. The fraction of sp³-hybridized carbons (Fsp3) is 0.158.